The van der Waals surface area contributed by atoms with Gasteiger partial charge in [0.05, 0.1) is 16.8 Å². The van der Waals surface area contributed by atoms with Crippen LogP contribution in [0.4, 0.5) is 0 Å². The third-order valence-corrected chi connectivity index (χ3v) is 4.13. The fourth-order valence-electron chi connectivity index (χ4n) is 2.75. The standard InChI is InChI=1S/C19H22N4O/c1-13-5-6-18-16(11-13)12-17(15(3)22-18)19(24)21-14(2)7-10-23-9-4-8-20-23/h4-6,8-9,11-12,14H,7,10H2,1-3H3,(H,21,24)/t14-/m0/s1. The van der Waals surface area contributed by atoms with Gasteiger partial charge in [-0.1, -0.05) is 11.6 Å². The molecule has 0 radical (unpaired) electrons. The molecule has 24 heavy (non-hydrogen) atoms. The first kappa shape index (κ1) is 16.2. The number of hydrogen-bond donors (Lipinski definition) is 1. The minimum atomic E-state index is -0.0728. The van der Waals surface area contributed by atoms with Crippen LogP contribution >= 0.6 is 0 Å². The van der Waals surface area contributed by atoms with Gasteiger partial charge in [0.25, 0.3) is 5.91 Å². The van der Waals surface area contributed by atoms with Gasteiger partial charge in [0.1, 0.15) is 0 Å². The van der Waals surface area contributed by atoms with Crippen LogP contribution in [0.1, 0.15) is 35.0 Å². The lowest BCUT2D eigenvalue weighted by Crippen LogP contribution is -2.34. The van der Waals surface area contributed by atoms with Crippen molar-refractivity contribution in [3.63, 3.8) is 0 Å². The molecule has 0 aliphatic rings. The van der Waals surface area contributed by atoms with Gasteiger partial charge in [-0.2, -0.15) is 5.10 Å². The van der Waals surface area contributed by atoms with Crippen molar-refractivity contribution in [1.29, 1.82) is 0 Å². The Labute approximate surface area is 141 Å². The number of rotatable bonds is 5. The number of hydrogen-bond acceptors (Lipinski definition) is 3. The molecule has 3 aromatic rings. The van der Waals surface area contributed by atoms with E-state index in [-0.39, 0.29) is 11.9 Å². The van der Waals surface area contributed by atoms with E-state index in [2.05, 4.69) is 21.5 Å². The molecular weight excluding hydrogens is 300 g/mol. The number of carbonyl (C=O) groups excluding carboxylic acids is 1. The average molecular weight is 322 g/mol. The Morgan fingerprint density at radius 2 is 2.12 bits per heavy atom. The van der Waals surface area contributed by atoms with Crippen LogP contribution < -0.4 is 5.32 Å². The van der Waals surface area contributed by atoms with E-state index in [4.69, 9.17) is 0 Å². The quantitative estimate of drug-likeness (QED) is 0.784. The number of aromatic nitrogens is 3. The maximum absolute atomic E-state index is 12.6. The molecule has 0 bridgehead atoms. The molecule has 0 saturated carbocycles. The Morgan fingerprint density at radius 1 is 1.29 bits per heavy atom. The molecule has 5 heteroatoms. The molecule has 5 nitrogen and oxygen atoms in total. The highest BCUT2D eigenvalue weighted by Crippen LogP contribution is 2.18. The molecule has 0 aliphatic carbocycles. The van der Waals surface area contributed by atoms with E-state index in [0.29, 0.717) is 5.56 Å². The maximum atomic E-state index is 12.6. The Kier molecular flexibility index (Phi) is 4.60. The minimum Gasteiger partial charge on any atom is -0.349 e. The summed E-state index contributed by atoms with van der Waals surface area (Å²) >= 11 is 0. The summed E-state index contributed by atoms with van der Waals surface area (Å²) in [4.78, 5) is 17.1. The Hall–Kier alpha value is -2.69. The smallest absolute Gasteiger partial charge is 0.253 e. The van der Waals surface area contributed by atoms with E-state index >= 15 is 0 Å². The highest BCUT2D eigenvalue weighted by molar-refractivity contribution is 5.98. The van der Waals surface area contributed by atoms with Gasteiger partial charge in [0.15, 0.2) is 0 Å². The number of nitrogens with one attached hydrogen (secondary N) is 1. The van der Waals surface area contributed by atoms with Crippen molar-refractivity contribution < 1.29 is 4.79 Å². The first-order valence-electron chi connectivity index (χ1n) is 8.19. The highest BCUT2D eigenvalue weighted by atomic mass is 16.1. The van der Waals surface area contributed by atoms with E-state index in [1.807, 2.05) is 55.9 Å². The van der Waals surface area contributed by atoms with Crippen molar-refractivity contribution in [2.24, 2.45) is 0 Å². The van der Waals surface area contributed by atoms with Crippen LogP contribution in [0.25, 0.3) is 10.9 Å². The summed E-state index contributed by atoms with van der Waals surface area (Å²) in [7, 11) is 0. The first-order chi connectivity index (χ1) is 11.5. The second-order valence-corrected chi connectivity index (χ2v) is 6.25. The zero-order valence-corrected chi connectivity index (χ0v) is 14.3. The molecule has 0 saturated heterocycles. The lowest BCUT2D eigenvalue weighted by Gasteiger charge is -2.15. The van der Waals surface area contributed by atoms with Crippen LogP contribution in [0.3, 0.4) is 0 Å². The van der Waals surface area contributed by atoms with Crippen LogP contribution in [0.15, 0.2) is 42.7 Å². The minimum absolute atomic E-state index is 0.0642. The van der Waals surface area contributed by atoms with Gasteiger partial charge in [-0.15, -0.1) is 0 Å². The second kappa shape index (κ2) is 6.83. The van der Waals surface area contributed by atoms with Gasteiger partial charge in [-0.25, -0.2) is 0 Å². The van der Waals surface area contributed by atoms with Crippen molar-refractivity contribution in [3.05, 3.63) is 59.5 Å². The van der Waals surface area contributed by atoms with Crippen LogP contribution in [-0.4, -0.2) is 26.7 Å². The SMILES string of the molecule is Cc1ccc2nc(C)c(C(=O)N[C@@H](C)CCn3cccn3)cc2c1. The molecule has 1 amide bonds. The third-order valence-electron chi connectivity index (χ3n) is 4.13. The highest BCUT2D eigenvalue weighted by Gasteiger charge is 2.14. The van der Waals surface area contributed by atoms with E-state index in [0.717, 1.165) is 35.1 Å². The van der Waals surface area contributed by atoms with E-state index < -0.39 is 0 Å². The number of fused-ring (bicyclic) bond motifs is 1. The van der Waals surface area contributed by atoms with Crippen LogP contribution in [0.5, 0.6) is 0 Å². The molecule has 1 atom stereocenters. The van der Waals surface area contributed by atoms with Gasteiger partial charge >= 0.3 is 0 Å². The largest absolute Gasteiger partial charge is 0.349 e. The summed E-state index contributed by atoms with van der Waals surface area (Å²) in [5.41, 5.74) is 3.47. The summed E-state index contributed by atoms with van der Waals surface area (Å²) in [5, 5.41) is 8.23. The van der Waals surface area contributed by atoms with Crippen molar-refractivity contribution in [2.75, 3.05) is 0 Å². The molecule has 3 rings (SSSR count). The average Bonchev–Trinajstić information content (AvgIpc) is 3.06. The fourth-order valence-corrected chi connectivity index (χ4v) is 2.75. The van der Waals surface area contributed by atoms with Gasteiger partial charge in [-0.3, -0.25) is 14.5 Å². The number of aryl methyl sites for hydroxylation is 3. The molecule has 0 spiro atoms. The van der Waals surface area contributed by atoms with Crippen LogP contribution in [0.2, 0.25) is 0 Å². The molecular formula is C19H22N4O. The Bertz CT molecular complexity index is 855. The molecule has 0 aliphatic heterocycles. The Morgan fingerprint density at radius 3 is 2.88 bits per heavy atom. The van der Waals surface area contributed by atoms with Crippen molar-refractivity contribution in [3.8, 4) is 0 Å². The lowest BCUT2D eigenvalue weighted by molar-refractivity contribution is 0.0936. The molecule has 2 aromatic heterocycles. The second-order valence-electron chi connectivity index (χ2n) is 6.25. The van der Waals surface area contributed by atoms with Gasteiger partial charge in [0.2, 0.25) is 0 Å². The number of carbonyl (C=O) groups is 1. The van der Waals surface area contributed by atoms with Crippen molar-refractivity contribution in [2.45, 2.75) is 39.8 Å². The summed E-state index contributed by atoms with van der Waals surface area (Å²) in [6.07, 6.45) is 4.51. The fraction of sp³-hybridized carbons (Fsp3) is 0.316. The number of benzene rings is 1. The molecule has 1 aromatic carbocycles. The van der Waals surface area contributed by atoms with Gasteiger partial charge in [0, 0.05) is 30.4 Å². The van der Waals surface area contributed by atoms with E-state index in [9.17, 15) is 4.79 Å². The zero-order valence-electron chi connectivity index (χ0n) is 14.3. The van der Waals surface area contributed by atoms with Gasteiger partial charge < -0.3 is 5.32 Å². The summed E-state index contributed by atoms with van der Waals surface area (Å²) in [6, 6.07) is 9.97. The number of amides is 1. The first-order valence-corrected chi connectivity index (χ1v) is 8.19. The van der Waals surface area contributed by atoms with Gasteiger partial charge in [-0.05, 0) is 51.5 Å². The topological polar surface area (TPSA) is 59.8 Å². The molecule has 1 N–H and O–H groups in total. The maximum Gasteiger partial charge on any atom is 0.253 e. The Balaban J connectivity index is 1.71. The van der Waals surface area contributed by atoms with Crippen molar-refractivity contribution in [1.82, 2.24) is 20.1 Å². The third kappa shape index (κ3) is 3.62. The number of pyridine rings is 1. The number of nitrogens with zero attached hydrogens (tertiary/aromatic N) is 3. The van der Waals surface area contributed by atoms with E-state index in [1.165, 1.54) is 0 Å². The summed E-state index contributed by atoms with van der Waals surface area (Å²) in [5.74, 6) is -0.0728. The summed E-state index contributed by atoms with van der Waals surface area (Å²) < 4.78 is 1.87. The molecule has 124 valence electrons. The predicted molar refractivity (Wildman–Crippen MR) is 95.0 cm³/mol. The molecule has 2 heterocycles. The lowest BCUT2D eigenvalue weighted by atomic mass is 10.1. The summed E-state index contributed by atoms with van der Waals surface area (Å²) in [6.45, 7) is 6.71. The normalized spacial score (nSPS) is 12.3. The van der Waals surface area contributed by atoms with Crippen molar-refractivity contribution >= 4 is 16.8 Å². The predicted octanol–water partition coefficient (Wildman–Crippen LogP) is 3.26. The van der Waals surface area contributed by atoms with E-state index in [1.54, 1.807) is 6.20 Å². The zero-order chi connectivity index (χ0) is 17.1. The van der Waals surface area contributed by atoms with Crippen LogP contribution in [-0.2, 0) is 6.54 Å². The van der Waals surface area contributed by atoms with Crippen LogP contribution in [0, 0.1) is 13.8 Å². The molecule has 0 unspecified atom stereocenters. The molecule has 0 fully saturated rings. The monoisotopic (exact) mass is 322 g/mol.